The second kappa shape index (κ2) is 5.23. The van der Waals surface area contributed by atoms with E-state index in [0.29, 0.717) is 6.04 Å². The molecule has 0 spiro atoms. The maximum Gasteiger partial charge on any atom is 0.149 e. The van der Waals surface area contributed by atoms with Gasteiger partial charge in [0.05, 0.1) is 4.91 Å². The van der Waals surface area contributed by atoms with Crippen LogP contribution >= 0.6 is 33.3 Å². The number of halogens is 1. The van der Waals surface area contributed by atoms with Crippen molar-refractivity contribution in [3.05, 3.63) is 11.1 Å². The van der Waals surface area contributed by atoms with E-state index in [-0.39, 0.29) is 24.0 Å². The van der Waals surface area contributed by atoms with Crippen LogP contribution in [0.15, 0.2) is 11.1 Å². The molecular formula is C6H11IN2S3. The van der Waals surface area contributed by atoms with Gasteiger partial charge < -0.3 is 34.6 Å². The quantitative estimate of drug-likeness (QED) is 0.407. The first-order valence-electron chi connectivity index (χ1n) is 3.54. The molecule has 0 radical (unpaired) electrons. The highest BCUT2D eigenvalue weighted by Gasteiger charge is 2.37. The Kier molecular flexibility index (Phi) is 4.95. The van der Waals surface area contributed by atoms with Crippen molar-refractivity contribution < 1.29 is 29.3 Å². The van der Waals surface area contributed by atoms with Gasteiger partial charge >= 0.3 is 0 Å². The molecule has 1 saturated heterocycles. The molecule has 12 heavy (non-hydrogen) atoms. The molecule has 0 bridgehead atoms. The second-order valence-electron chi connectivity index (χ2n) is 2.50. The Morgan fingerprint density at radius 2 is 2.58 bits per heavy atom. The first kappa shape index (κ1) is 11.4. The first-order chi connectivity index (χ1) is 5.42. The molecule has 2 heterocycles. The minimum absolute atomic E-state index is 0. The summed E-state index contributed by atoms with van der Waals surface area (Å²) in [7, 11) is 3.91. The Morgan fingerprint density at radius 1 is 1.75 bits per heavy atom. The Balaban J connectivity index is 0.000000720. The minimum Gasteiger partial charge on any atom is -1.00 e. The SMILES string of the molecule is CSC1SSC2=CNC[NH2+]C21.[I-]. The number of hydrogen-bond acceptors (Lipinski definition) is 4. The van der Waals surface area contributed by atoms with Crippen LogP contribution in [0.5, 0.6) is 0 Å². The van der Waals surface area contributed by atoms with E-state index in [2.05, 4.69) is 23.1 Å². The van der Waals surface area contributed by atoms with Crippen LogP contribution in [-0.2, 0) is 0 Å². The third-order valence-electron chi connectivity index (χ3n) is 1.83. The summed E-state index contributed by atoms with van der Waals surface area (Å²) in [5.74, 6) is 0. The van der Waals surface area contributed by atoms with Crippen molar-refractivity contribution >= 4 is 33.3 Å². The molecule has 0 saturated carbocycles. The molecular weight excluding hydrogens is 323 g/mol. The minimum atomic E-state index is 0. The zero-order chi connectivity index (χ0) is 7.68. The Bertz CT molecular complexity index is 188. The fourth-order valence-corrected chi connectivity index (χ4v) is 5.85. The van der Waals surface area contributed by atoms with E-state index in [1.165, 1.54) is 4.91 Å². The van der Waals surface area contributed by atoms with Crippen LogP contribution in [0.4, 0.5) is 0 Å². The van der Waals surface area contributed by atoms with E-state index in [1.807, 2.05) is 33.3 Å². The van der Waals surface area contributed by atoms with Crippen molar-refractivity contribution in [2.24, 2.45) is 0 Å². The topological polar surface area (TPSA) is 28.6 Å². The lowest BCUT2D eigenvalue weighted by molar-refractivity contribution is -0.682. The Morgan fingerprint density at radius 3 is 3.33 bits per heavy atom. The number of hydrogen-bond donors (Lipinski definition) is 2. The van der Waals surface area contributed by atoms with Gasteiger partial charge in [0.15, 0.2) is 0 Å². The van der Waals surface area contributed by atoms with Crippen LogP contribution in [0, 0.1) is 0 Å². The summed E-state index contributed by atoms with van der Waals surface area (Å²) >= 11 is 1.96. The van der Waals surface area contributed by atoms with Crippen molar-refractivity contribution in [2.45, 2.75) is 10.6 Å². The number of rotatable bonds is 1. The Hall–Kier alpha value is 1.28. The fraction of sp³-hybridized carbons (Fsp3) is 0.667. The summed E-state index contributed by atoms with van der Waals surface area (Å²) in [6.07, 6.45) is 4.36. The summed E-state index contributed by atoms with van der Waals surface area (Å²) in [5.41, 5.74) is 0. The van der Waals surface area contributed by atoms with Crippen LogP contribution in [0.25, 0.3) is 0 Å². The predicted octanol–water partition coefficient (Wildman–Crippen LogP) is -2.59. The molecule has 2 unspecified atom stereocenters. The maximum atomic E-state index is 3.24. The van der Waals surface area contributed by atoms with Crippen molar-refractivity contribution in [1.82, 2.24) is 5.32 Å². The normalized spacial score (nSPS) is 32.9. The number of nitrogens with two attached hydrogens (primary N) is 1. The number of quaternary nitrogens is 1. The second-order valence-corrected chi connectivity index (χ2v) is 6.19. The van der Waals surface area contributed by atoms with Gasteiger partial charge in [-0.1, -0.05) is 21.6 Å². The van der Waals surface area contributed by atoms with E-state index in [0.717, 1.165) is 11.3 Å². The van der Waals surface area contributed by atoms with Crippen LogP contribution in [0.2, 0.25) is 0 Å². The van der Waals surface area contributed by atoms with Crippen molar-refractivity contribution in [2.75, 3.05) is 12.9 Å². The third kappa shape index (κ3) is 2.20. The number of nitrogens with one attached hydrogen (secondary N) is 1. The first-order valence-corrected chi connectivity index (χ1v) is 7.05. The lowest BCUT2D eigenvalue weighted by Crippen LogP contribution is -3.00. The Labute approximate surface area is 102 Å². The summed E-state index contributed by atoms with van der Waals surface area (Å²) in [6, 6.07) is 0.709. The van der Waals surface area contributed by atoms with Gasteiger partial charge in [-0.15, -0.1) is 11.8 Å². The van der Waals surface area contributed by atoms with Gasteiger partial charge in [0.2, 0.25) is 0 Å². The van der Waals surface area contributed by atoms with E-state index in [9.17, 15) is 0 Å². The zero-order valence-electron chi connectivity index (χ0n) is 6.62. The molecule has 0 aliphatic carbocycles. The molecule has 0 aromatic heterocycles. The molecule has 3 N–H and O–H groups in total. The molecule has 0 aromatic rings. The number of fused-ring (bicyclic) bond motifs is 1. The van der Waals surface area contributed by atoms with Crippen LogP contribution in [0.3, 0.4) is 0 Å². The van der Waals surface area contributed by atoms with Gasteiger partial charge in [0, 0.05) is 6.20 Å². The number of thioether (sulfide) groups is 1. The zero-order valence-corrected chi connectivity index (χ0v) is 11.2. The van der Waals surface area contributed by atoms with Crippen molar-refractivity contribution in [3.8, 4) is 0 Å². The van der Waals surface area contributed by atoms with Crippen LogP contribution < -0.4 is 34.6 Å². The van der Waals surface area contributed by atoms with Gasteiger partial charge in [-0.2, -0.15) is 0 Å². The summed E-state index contributed by atoms with van der Waals surface area (Å²) in [6.45, 7) is 1.03. The van der Waals surface area contributed by atoms with Gasteiger partial charge in [-0.05, 0) is 6.26 Å². The standard InChI is InChI=1S/C6H10N2S3.HI/c1-9-6-5-4(10-11-6)2-7-3-8-5;/h2,5-8H,3H2,1H3;1H. The molecule has 2 nitrogen and oxygen atoms in total. The van der Waals surface area contributed by atoms with Crippen LogP contribution in [-0.4, -0.2) is 23.5 Å². The molecule has 6 heteroatoms. The van der Waals surface area contributed by atoms with E-state index < -0.39 is 0 Å². The lowest BCUT2D eigenvalue weighted by atomic mass is 10.3. The molecule has 0 amide bonds. The van der Waals surface area contributed by atoms with Gasteiger partial charge in [-0.25, -0.2) is 0 Å². The molecule has 70 valence electrons. The van der Waals surface area contributed by atoms with E-state index in [4.69, 9.17) is 0 Å². The van der Waals surface area contributed by atoms with Crippen LogP contribution in [0.1, 0.15) is 0 Å². The monoisotopic (exact) mass is 334 g/mol. The highest BCUT2D eigenvalue weighted by atomic mass is 127. The lowest BCUT2D eigenvalue weighted by Gasteiger charge is -2.18. The smallest absolute Gasteiger partial charge is 0.149 e. The molecule has 2 aliphatic heterocycles. The molecule has 2 rings (SSSR count). The van der Waals surface area contributed by atoms with Crippen molar-refractivity contribution in [1.29, 1.82) is 0 Å². The summed E-state index contributed by atoms with van der Waals surface area (Å²) in [5, 5.41) is 5.62. The average molecular weight is 334 g/mol. The molecule has 2 aliphatic rings. The highest BCUT2D eigenvalue weighted by molar-refractivity contribution is 8.80. The largest absolute Gasteiger partial charge is 1.00 e. The van der Waals surface area contributed by atoms with Gasteiger partial charge in [0.1, 0.15) is 17.3 Å². The molecule has 2 atom stereocenters. The summed E-state index contributed by atoms with van der Waals surface area (Å²) < 4.78 is 0.744. The average Bonchev–Trinajstić information content (AvgIpc) is 2.47. The molecule has 1 fully saturated rings. The molecule has 0 aromatic carbocycles. The summed E-state index contributed by atoms with van der Waals surface area (Å²) in [4.78, 5) is 1.50. The van der Waals surface area contributed by atoms with E-state index in [1.54, 1.807) is 0 Å². The fourth-order valence-electron chi connectivity index (χ4n) is 1.24. The van der Waals surface area contributed by atoms with Gasteiger partial charge in [-0.3, -0.25) is 0 Å². The van der Waals surface area contributed by atoms with Crippen molar-refractivity contribution in [3.63, 3.8) is 0 Å². The third-order valence-corrected chi connectivity index (χ3v) is 6.47. The predicted molar refractivity (Wildman–Crippen MR) is 54.3 cm³/mol. The van der Waals surface area contributed by atoms with E-state index >= 15 is 0 Å². The highest BCUT2D eigenvalue weighted by Crippen LogP contribution is 2.48. The van der Waals surface area contributed by atoms with Gasteiger partial charge in [0.25, 0.3) is 0 Å². The maximum absolute atomic E-state index is 3.24.